The monoisotopic (exact) mass is 1290 g/mol. The molecular formula is C69H60F4N14O8. The number of imidazole rings is 4. The average molecular weight is 1290 g/mol. The molecule has 0 aliphatic carbocycles. The van der Waals surface area contributed by atoms with Crippen molar-refractivity contribution in [3.05, 3.63) is 262 Å². The number of benzene rings is 6. The minimum absolute atomic E-state index is 0. The fourth-order valence-corrected chi connectivity index (χ4v) is 9.90. The van der Waals surface area contributed by atoms with E-state index < -0.39 is 35.2 Å². The van der Waals surface area contributed by atoms with Crippen molar-refractivity contribution in [1.82, 2.24) is 58.1 Å². The van der Waals surface area contributed by atoms with Crippen molar-refractivity contribution in [2.75, 3.05) is 7.11 Å². The van der Waals surface area contributed by atoms with Gasteiger partial charge in [0.25, 0.3) is 0 Å². The standard InChI is InChI=1S/C34H27F2N7O4.C33H25F2N7O4.2CH4/c1-4-42-20-38-17-24(42)18-43-29-13-22(34(44)45-3)6-9-28(29)40-32(43)14-21-5-8-25(16-26(21)35)47-33-11-12-39-31(41-33)19-46-30-10-7-23(37-2)15-27(30)36;1-3-41-19-37-16-23(41)17-42-28-12-21(33(43)44)5-8-27(28)39-31(42)13-20-4-7-24(15-25(20)34)46-32-10-11-38-30(40-32)18-45-29-9-6-22(36-2)14-26(29)35;;/h5-13,15-17,20H,4,14,18-19H2,1,3H3;4-12,14-16,19H,3,13,17-18H2,1H3,(H,43,44);2*1H4. The van der Waals surface area contributed by atoms with Gasteiger partial charge in [-0.15, -0.1) is 0 Å². The number of fused-ring (bicyclic) bond motifs is 2. The van der Waals surface area contributed by atoms with Gasteiger partial charge < -0.3 is 47.1 Å². The summed E-state index contributed by atoms with van der Waals surface area (Å²) in [5.41, 5.74) is 5.95. The highest BCUT2D eigenvalue weighted by Crippen LogP contribution is 2.31. The van der Waals surface area contributed by atoms with Gasteiger partial charge in [-0.25, -0.2) is 66.7 Å². The van der Waals surface area contributed by atoms with Crippen LogP contribution in [0.3, 0.4) is 0 Å². The number of rotatable bonds is 22. The van der Waals surface area contributed by atoms with Gasteiger partial charge in [0.2, 0.25) is 11.8 Å². The highest BCUT2D eigenvalue weighted by Gasteiger charge is 2.21. The van der Waals surface area contributed by atoms with Crippen LogP contribution in [0, 0.1) is 36.4 Å². The molecule has 0 saturated heterocycles. The van der Waals surface area contributed by atoms with Gasteiger partial charge in [-0.2, -0.15) is 9.97 Å². The van der Waals surface area contributed by atoms with Crippen LogP contribution in [-0.4, -0.2) is 82.3 Å². The van der Waals surface area contributed by atoms with Crippen LogP contribution < -0.4 is 18.9 Å². The summed E-state index contributed by atoms with van der Waals surface area (Å²) in [5.74, 6) is -1.75. The third kappa shape index (κ3) is 15.7. The zero-order valence-electron chi connectivity index (χ0n) is 49.7. The van der Waals surface area contributed by atoms with Crippen molar-refractivity contribution in [1.29, 1.82) is 0 Å². The lowest BCUT2D eigenvalue weighted by atomic mass is 10.1. The first kappa shape index (κ1) is 67.1. The van der Waals surface area contributed by atoms with E-state index in [1.807, 2.05) is 32.1 Å². The average Bonchev–Trinajstić information content (AvgIpc) is 1.65. The van der Waals surface area contributed by atoms with Crippen LogP contribution >= 0.6 is 0 Å². The van der Waals surface area contributed by atoms with Crippen LogP contribution in [-0.2, 0) is 57.0 Å². The Labute approximate surface area is 542 Å². The maximum absolute atomic E-state index is 15.5. The molecular weight excluding hydrogens is 1230 g/mol. The maximum Gasteiger partial charge on any atom is 0.337 e. The molecule has 0 amide bonds. The SMILES string of the molecule is C.C.[C-]#[N+]c1ccc(OCc2nccc(Oc3ccc(Cc4nc5ccc(C(=O)O)cc5n4Cc4cncn4CC)c(F)c3)n2)c(F)c1.[C-]#[N+]c1ccc(OCc2nccc(Oc3ccc(Cc4nc5ccc(C(=O)OC)cc5n4Cc4cncn4CC)c(F)c3)n2)c(F)c1. The summed E-state index contributed by atoms with van der Waals surface area (Å²) in [6.07, 6.45) is 10.2. The largest absolute Gasteiger partial charge is 0.483 e. The van der Waals surface area contributed by atoms with Crippen LogP contribution in [0.4, 0.5) is 28.9 Å². The number of methoxy groups -OCH3 is 1. The lowest BCUT2D eigenvalue weighted by Crippen LogP contribution is -2.10. The third-order valence-corrected chi connectivity index (χ3v) is 14.6. The number of aromatic nitrogens is 12. The molecule has 6 aromatic heterocycles. The van der Waals surface area contributed by atoms with E-state index in [1.54, 1.807) is 79.6 Å². The molecule has 6 heterocycles. The van der Waals surface area contributed by atoms with E-state index in [9.17, 15) is 23.5 Å². The smallest absolute Gasteiger partial charge is 0.337 e. The summed E-state index contributed by atoms with van der Waals surface area (Å²) in [5, 5.41) is 9.56. The molecule has 0 bridgehead atoms. The van der Waals surface area contributed by atoms with Crippen molar-refractivity contribution in [2.24, 2.45) is 0 Å². The molecule has 0 aliphatic heterocycles. The Morgan fingerprint density at radius 2 is 1.00 bits per heavy atom. The van der Waals surface area contributed by atoms with Crippen molar-refractivity contribution < 1.29 is 55.9 Å². The van der Waals surface area contributed by atoms with Crippen molar-refractivity contribution in [3.8, 4) is 34.8 Å². The Morgan fingerprint density at radius 3 is 1.41 bits per heavy atom. The number of aromatic carboxylic acids is 1. The van der Waals surface area contributed by atoms with E-state index in [-0.39, 0.29) is 104 Å². The number of hydrogen-bond donors (Lipinski definition) is 1. The summed E-state index contributed by atoms with van der Waals surface area (Å²) < 4.78 is 94.5. The summed E-state index contributed by atoms with van der Waals surface area (Å²) in [7, 11) is 1.33. The van der Waals surface area contributed by atoms with E-state index in [2.05, 4.69) is 39.6 Å². The van der Waals surface area contributed by atoms with Crippen LogP contribution in [0.1, 0.15) is 95.2 Å². The Morgan fingerprint density at radius 1 is 0.547 bits per heavy atom. The predicted octanol–water partition coefficient (Wildman–Crippen LogP) is 14.5. The van der Waals surface area contributed by atoms with Gasteiger partial charge in [0.15, 0.2) is 46.2 Å². The number of carbonyl (C=O) groups excluding carboxylic acids is 1. The number of halogens is 4. The molecule has 1 N–H and O–H groups in total. The minimum Gasteiger partial charge on any atom is -0.483 e. The molecule has 0 aliphatic rings. The molecule has 22 nitrogen and oxygen atoms in total. The van der Waals surface area contributed by atoms with Crippen LogP contribution in [0.2, 0.25) is 0 Å². The number of ether oxygens (including phenoxy) is 5. The van der Waals surface area contributed by atoms with E-state index >= 15 is 8.78 Å². The Kier molecular flexibility index (Phi) is 21.3. The molecule has 0 unspecified atom stereocenters. The van der Waals surface area contributed by atoms with Gasteiger partial charge in [-0.1, -0.05) is 39.1 Å². The van der Waals surface area contributed by atoms with Crippen molar-refractivity contribution >= 4 is 45.4 Å². The fourth-order valence-electron chi connectivity index (χ4n) is 9.90. The number of nitrogens with zero attached hydrogens (tertiary/aromatic N) is 14. The van der Waals surface area contributed by atoms with E-state index in [4.69, 9.17) is 46.8 Å². The lowest BCUT2D eigenvalue weighted by molar-refractivity contribution is 0.0600. The highest BCUT2D eigenvalue weighted by atomic mass is 19.1. The van der Waals surface area contributed by atoms with Gasteiger partial charge in [-0.05, 0) is 97.8 Å². The quantitative estimate of drug-likeness (QED) is 0.0377. The van der Waals surface area contributed by atoms with Gasteiger partial charge in [0.05, 0.1) is 90.6 Å². The zero-order valence-corrected chi connectivity index (χ0v) is 49.7. The van der Waals surface area contributed by atoms with Gasteiger partial charge in [0.1, 0.15) is 48.0 Å². The zero-order chi connectivity index (χ0) is 65.1. The first-order valence-corrected chi connectivity index (χ1v) is 28.6. The molecule has 6 aromatic carbocycles. The summed E-state index contributed by atoms with van der Waals surface area (Å²) in [6.45, 7) is 19.8. The first-order chi connectivity index (χ1) is 45.1. The molecule has 0 fully saturated rings. The number of esters is 1. The molecule has 12 aromatic rings. The molecule has 482 valence electrons. The van der Waals surface area contributed by atoms with Crippen LogP contribution in [0.5, 0.6) is 34.8 Å². The number of carboxylic acids is 1. The van der Waals surface area contributed by atoms with Gasteiger partial charge in [-0.3, -0.25) is 0 Å². The first-order valence-electron chi connectivity index (χ1n) is 28.6. The second kappa shape index (κ2) is 30.2. The number of carbonyl (C=O) groups is 2. The van der Waals surface area contributed by atoms with E-state index in [0.29, 0.717) is 70.0 Å². The Balaban J connectivity index is 0.000000219. The molecule has 12 rings (SSSR count). The number of hydrogen-bond acceptors (Lipinski definition) is 15. The molecule has 0 saturated carbocycles. The normalized spacial score (nSPS) is 10.7. The van der Waals surface area contributed by atoms with Crippen LogP contribution in [0.15, 0.2) is 159 Å². The summed E-state index contributed by atoms with van der Waals surface area (Å²) in [6, 6.07) is 29.5. The van der Waals surface area contributed by atoms with Gasteiger partial charge in [0, 0.05) is 75.0 Å². The van der Waals surface area contributed by atoms with E-state index in [1.165, 1.54) is 74.1 Å². The van der Waals surface area contributed by atoms with Crippen molar-refractivity contribution in [3.63, 3.8) is 0 Å². The topological polar surface area (TPSA) is 232 Å². The third-order valence-electron chi connectivity index (χ3n) is 14.6. The second-order valence-corrected chi connectivity index (χ2v) is 20.5. The van der Waals surface area contributed by atoms with E-state index in [0.717, 1.165) is 30.1 Å². The number of aryl methyl sites for hydroxylation is 2. The predicted molar refractivity (Wildman–Crippen MR) is 342 cm³/mol. The molecule has 0 atom stereocenters. The van der Waals surface area contributed by atoms with Crippen LogP contribution in [0.25, 0.3) is 31.8 Å². The molecule has 0 spiro atoms. The Hall–Kier alpha value is -12.3. The molecule has 95 heavy (non-hydrogen) atoms. The molecule has 0 radical (unpaired) electrons. The fraction of sp³-hybridized carbons (Fsp3) is 0.188. The molecule has 26 heteroatoms. The van der Waals surface area contributed by atoms with Gasteiger partial charge >= 0.3 is 11.9 Å². The maximum atomic E-state index is 15.5. The Bertz CT molecular complexity index is 4860. The second-order valence-electron chi connectivity index (χ2n) is 20.5. The highest BCUT2D eigenvalue weighted by molar-refractivity contribution is 5.94. The van der Waals surface area contributed by atoms with Crippen molar-refractivity contribution in [2.45, 2.75) is 80.9 Å². The number of carboxylic acid groups (broad SMARTS) is 1. The summed E-state index contributed by atoms with van der Waals surface area (Å²) >= 11 is 0. The summed E-state index contributed by atoms with van der Waals surface area (Å²) in [4.78, 5) is 65.1. The lowest BCUT2D eigenvalue weighted by Gasteiger charge is -2.12. The minimum atomic E-state index is -1.05.